The van der Waals surface area contributed by atoms with E-state index in [1.165, 1.54) is 116 Å². The standard InChI is InChI=1S/C50H78O8/c1-3-5-7-9-11-13-15-17-19-21-23-25-33-39-45(51)57-47(49(53)55-41-43-35-29-27-30-36-43)48(50(54)56-42-44-37-31-28-32-38-44)58-46(52)40-34-26-24-22-20-18-16-14-12-10-8-6-4-2/h27-32,35-38,47-48H,3-26,33-34,39-42H2,1-2H3. The monoisotopic (exact) mass is 807 g/mol. The van der Waals surface area contributed by atoms with Crippen LogP contribution in [0.5, 0.6) is 0 Å². The zero-order chi connectivity index (χ0) is 41.7. The Morgan fingerprint density at radius 1 is 0.379 bits per heavy atom. The summed E-state index contributed by atoms with van der Waals surface area (Å²) in [7, 11) is 0. The second-order valence-electron chi connectivity index (χ2n) is 16.0. The summed E-state index contributed by atoms with van der Waals surface area (Å²) in [6.07, 6.45) is 26.9. The fourth-order valence-corrected chi connectivity index (χ4v) is 7.06. The van der Waals surface area contributed by atoms with Gasteiger partial charge in [-0.15, -0.1) is 0 Å². The molecule has 0 saturated carbocycles. The van der Waals surface area contributed by atoms with E-state index in [0.717, 1.165) is 49.7 Å². The van der Waals surface area contributed by atoms with E-state index in [1.54, 1.807) is 24.3 Å². The summed E-state index contributed by atoms with van der Waals surface area (Å²) in [5.74, 6) is -3.26. The zero-order valence-electron chi connectivity index (χ0n) is 36.4. The normalized spacial score (nSPS) is 12.1. The van der Waals surface area contributed by atoms with Gasteiger partial charge in [0.15, 0.2) is 0 Å². The Morgan fingerprint density at radius 2 is 0.638 bits per heavy atom. The number of unbranched alkanes of at least 4 members (excludes halogenated alkanes) is 24. The maximum absolute atomic E-state index is 13.6. The summed E-state index contributed by atoms with van der Waals surface area (Å²) >= 11 is 0. The molecule has 2 aromatic carbocycles. The van der Waals surface area contributed by atoms with Crippen LogP contribution in [0.25, 0.3) is 0 Å². The van der Waals surface area contributed by atoms with Gasteiger partial charge in [-0.05, 0) is 24.0 Å². The average molecular weight is 807 g/mol. The highest BCUT2D eigenvalue weighted by atomic mass is 16.6. The molecule has 0 N–H and O–H groups in total. The molecule has 0 bridgehead atoms. The number of rotatable bonds is 37. The fourth-order valence-electron chi connectivity index (χ4n) is 7.06. The van der Waals surface area contributed by atoms with Gasteiger partial charge in [0.25, 0.3) is 0 Å². The van der Waals surface area contributed by atoms with Crippen molar-refractivity contribution in [3.8, 4) is 0 Å². The molecule has 2 unspecified atom stereocenters. The van der Waals surface area contributed by atoms with Crippen molar-refractivity contribution in [3.63, 3.8) is 0 Å². The number of ether oxygens (including phenoxy) is 4. The van der Waals surface area contributed by atoms with Crippen molar-refractivity contribution < 1.29 is 38.1 Å². The zero-order valence-corrected chi connectivity index (χ0v) is 36.4. The highest BCUT2D eigenvalue weighted by Crippen LogP contribution is 2.19. The van der Waals surface area contributed by atoms with Gasteiger partial charge in [0, 0.05) is 12.8 Å². The van der Waals surface area contributed by atoms with Crippen molar-refractivity contribution in [1.29, 1.82) is 0 Å². The molecule has 0 aliphatic rings. The van der Waals surface area contributed by atoms with Crippen molar-refractivity contribution in [1.82, 2.24) is 0 Å². The largest absolute Gasteiger partial charge is 0.458 e. The van der Waals surface area contributed by atoms with Crippen LogP contribution in [-0.4, -0.2) is 36.1 Å². The molecule has 0 spiro atoms. The van der Waals surface area contributed by atoms with Crippen LogP contribution < -0.4 is 0 Å². The molecule has 0 amide bonds. The number of carbonyl (C=O) groups is 4. The lowest BCUT2D eigenvalue weighted by Crippen LogP contribution is -2.47. The molecular formula is C50H78O8. The minimum absolute atomic E-state index is 0.0684. The third kappa shape index (κ3) is 26.3. The van der Waals surface area contributed by atoms with Gasteiger partial charge in [0.2, 0.25) is 12.2 Å². The van der Waals surface area contributed by atoms with Crippen LogP contribution in [0.3, 0.4) is 0 Å². The maximum atomic E-state index is 13.6. The molecule has 2 rings (SSSR count). The van der Waals surface area contributed by atoms with Crippen molar-refractivity contribution >= 4 is 23.9 Å². The van der Waals surface area contributed by atoms with Gasteiger partial charge >= 0.3 is 23.9 Å². The molecular weight excluding hydrogens is 729 g/mol. The minimum Gasteiger partial charge on any atom is -0.458 e. The SMILES string of the molecule is CCCCCCCCCCCCCCCC(=O)OC(C(=O)OCc1ccccc1)C(OC(=O)CCCCCCCCCCCCCCC)C(=O)OCc1ccccc1. The lowest BCUT2D eigenvalue weighted by molar-refractivity contribution is -0.193. The molecule has 0 aliphatic heterocycles. The van der Waals surface area contributed by atoms with Crippen molar-refractivity contribution in [3.05, 3.63) is 71.8 Å². The van der Waals surface area contributed by atoms with Crippen LogP contribution in [0.4, 0.5) is 0 Å². The Morgan fingerprint density at radius 3 is 0.914 bits per heavy atom. The first-order valence-electron chi connectivity index (χ1n) is 23.2. The topological polar surface area (TPSA) is 105 Å². The van der Waals surface area contributed by atoms with E-state index in [4.69, 9.17) is 18.9 Å². The van der Waals surface area contributed by atoms with Crippen molar-refractivity contribution in [2.24, 2.45) is 0 Å². The first-order valence-corrected chi connectivity index (χ1v) is 23.2. The van der Waals surface area contributed by atoms with E-state index in [-0.39, 0.29) is 26.1 Å². The second kappa shape index (κ2) is 35.3. The van der Waals surface area contributed by atoms with Gasteiger partial charge < -0.3 is 18.9 Å². The fraction of sp³-hybridized carbons (Fsp3) is 0.680. The van der Waals surface area contributed by atoms with Crippen LogP contribution in [0.1, 0.15) is 205 Å². The molecule has 0 radical (unpaired) electrons. The first-order chi connectivity index (χ1) is 28.4. The van der Waals surface area contributed by atoms with E-state index in [2.05, 4.69) is 13.8 Å². The number of hydrogen-bond donors (Lipinski definition) is 0. The Hall–Kier alpha value is -3.68. The lowest BCUT2D eigenvalue weighted by atomic mass is 10.0. The Balaban J connectivity index is 1.94. The summed E-state index contributed by atoms with van der Waals surface area (Å²) in [6, 6.07) is 18.2. The smallest absolute Gasteiger partial charge is 0.352 e. The third-order valence-electron chi connectivity index (χ3n) is 10.7. The number of carbonyl (C=O) groups excluding carboxylic acids is 4. The average Bonchev–Trinajstić information content (AvgIpc) is 3.24. The van der Waals surface area contributed by atoms with Gasteiger partial charge in [-0.1, -0.05) is 229 Å². The predicted octanol–water partition coefficient (Wildman–Crippen LogP) is 13.3. The van der Waals surface area contributed by atoms with E-state index in [0.29, 0.717) is 12.8 Å². The van der Waals surface area contributed by atoms with Crippen LogP contribution in [0, 0.1) is 0 Å². The van der Waals surface area contributed by atoms with Gasteiger partial charge in [-0.25, -0.2) is 9.59 Å². The van der Waals surface area contributed by atoms with Crippen molar-refractivity contribution in [2.45, 2.75) is 219 Å². The molecule has 8 heteroatoms. The molecule has 0 aliphatic carbocycles. The van der Waals surface area contributed by atoms with Crippen LogP contribution in [0.15, 0.2) is 60.7 Å². The maximum Gasteiger partial charge on any atom is 0.352 e. The Kier molecular flexibility index (Phi) is 30.7. The summed E-state index contributed by atoms with van der Waals surface area (Å²) in [5, 5.41) is 0. The molecule has 0 aromatic heterocycles. The van der Waals surface area contributed by atoms with Crippen LogP contribution in [0.2, 0.25) is 0 Å². The van der Waals surface area contributed by atoms with Crippen LogP contribution >= 0.6 is 0 Å². The highest BCUT2D eigenvalue weighted by molar-refractivity contribution is 5.89. The molecule has 0 saturated heterocycles. The van der Waals surface area contributed by atoms with Gasteiger partial charge in [0.05, 0.1) is 0 Å². The third-order valence-corrected chi connectivity index (χ3v) is 10.7. The number of hydrogen-bond acceptors (Lipinski definition) is 8. The van der Waals surface area contributed by atoms with E-state index in [1.807, 2.05) is 36.4 Å². The molecule has 58 heavy (non-hydrogen) atoms. The number of esters is 4. The Labute approximate surface area is 351 Å². The van der Waals surface area contributed by atoms with Crippen molar-refractivity contribution in [2.75, 3.05) is 0 Å². The van der Waals surface area contributed by atoms with Gasteiger partial charge in [0.1, 0.15) is 13.2 Å². The molecule has 2 aromatic rings. The first kappa shape index (κ1) is 50.5. The second-order valence-corrected chi connectivity index (χ2v) is 16.0. The van der Waals surface area contributed by atoms with E-state index >= 15 is 0 Å². The highest BCUT2D eigenvalue weighted by Gasteiger charge is 2.42. The van der Waals surface area contributed by atoms with Crippen LogP contribution in [-0.2, 0) is 51.3 Å². The minimum atomic E-state index is -1.81. The lowest BCUT2D eigenvalue weighted by Gasteiger charge is -2.24. The molecule has 0 heterocycles. The van der Waals surface area contributed by atoms with E-state index in [9.17, 15) is 19.2 Å². The summed E-state index contributed by atoms with van der Waals surface area (Å²) in [6.45, 7) is 4.27. The summed E-state index contributed by atoms with van der Waals surface area (Å²) in [5.41, 5.74) is 1.44. The van der Waals surface area contributed by atoms with Gasteiger partial charge in [-0.3, -0.25) is 9.59 Å². The summed E-state index contributed by atoms with van der Waals surface area (Å²) in [4.78, 5) is 53.7. The molecule has 2 atom stereocenters. The quantitative estimate of drug-likeness (QED) is 0.0377. The number of benzene rings is 2. The van der Waals surface area contributed by atoms with Gasteiger partial charge in [-0.2, -0.15) is 0 Å². The summed E-state index contributed by atoms with van der Waals surface area (Å²) < 4.78 is 22.5. The Bertz CT molecular complexity index is 1210. The van der Waals surface area contributed by atoms with E-state index < -0.39 is 36.1 Å². The predicted molar refractivity (Wildman–Crippen MR) is 233 cm³/mol. The molecule has 0 fully saturated rings. The molecule has 8 nitrogen and oxygen atoms in total. The molecule has 326 valence electrons.